The SMILES string of the molecule is C=Cc1ccc(C(=O)C=Cc2ccco2)cc1. The number of benzene rings is 1. The van der Waals surface area contributed by atoms with Crippen molar-refractivity contribution in [2.45, 2.75) is 0 Å². The van der Waals surface area contributed by atoms with Crippen molar-refractivity contribution >= 4 is 17.9 Å². The van der Waals surface area contributed by atoms with E-state index in [2.05, 4.69) is 6.58 Å². The van der Waals surface area contributed by atoms with Crippen molar-refractivity contribution < 1.29 is 9.21 Å². The van der Waals surface area contributed by atoms with Gasteiger partial charge in [0.05, 0.1) is 6.26 Å². The molecule has 17 heavy (non-hydrogen) atoms. The Hall–Kier alpha value is -2.35. The molecule has 2 aromatic rings. The van der Waals surface area contributed by atoms with E-state index < -0.39 is 0 Å². The monoisotopic (exact) mass is 224 g/mol. The van der Waals surface area contributed by atoms with Crippen LogP contribution in [-0.2, 0) is 0 Å². The van der Waals surface area contributed by atoms with Gasteiger partial charge in [0.2, 0.25) is 0 Å². The summed E-state index contributed by atoms with van der Waals surface area (Å²) in [7, 11) is 0. The van der Waals surface area contributed by atoms with Crippen LogP contribution in [-0.4, -0.2) is 5.78 Å². The van der Waals surface area contributed by atoms with Crippen molar-refractivity contribution in [3.05, 3.63) is 72.2 Å². The van der Waals surface area contributed by atoms with Crippen LogP contribution in [0.15, 0.2) is 59.7 Å². The van der Waals surface area contributed by atoms with E-state index in [1.807, 2.05) is 12.1 Å². The zero-order chi connectivity index (χ0) is 12.1. The third-order valence-electron chi connectivity index (χ3n) is 2.37. The Morgan fingerprint density at radius 1 is 1.18 bits per heavy atom. The lowest BCUT2D eigenvalue weighted by atomic mass is 10.1. The summed E-state index contributed by atoms with van der Waals surface area (Å²) < 4.78 is 5.10. The van der Waals surface area contributed by atoms with Crippen LogP contribution in [0.2, 0.25) is 0 Å². The molecule has 0 aliphatic rings. The van der Waals surface area contributed by atoms with Crippen LogP contribution < -0.4 is 0 Å². The summed E-state index contributed by atoms with van der Waals surface area (Å²) in [6.07, 6.45) is 6.47. The molecule has 2 nitrogen and oxygen atoms in total. The van der Waals surface area contributed by atoms with E-state index in [0.717, 1.165) is 5.56 Å². The molecule has 0 spiro atoms. The first kappa shape index (κ1) is 11.1. The van der Waals surface area contributed by atoms with Crippen molar-refractivity contribution in [1.29, 1.82) is 0 Å². The van der Waals surface area contributed by atoms with Crippen molar-refractivity contribution in [2.75, 3.05) is 0 Å². The first-order valence-corrected chi connectivity index (χ1v) is 5.28. The van der Waals surface area contributed by atoms with E-state index >= 15 is 0 Å². The Labute approximate surface area is 99.9 Å². The van der Waals surface area contributed by atoms with Crippen molar-refractivity contribution in [2.24, 2.45) is 0 Å². The zero-order valence-corrected chi connectivity index (χ0v) is 9.30. The maximum absolute atomic E-state index is 11.8. The predicted molar refractivity (Wildman–Crippen MR) is 68.6 cm³/mol. The molecule has 84 valence electrons. The quantitative estimate of drug-likeness (QED) is 0.583. The second-order valence-corrected chi connectivity index (χ2v) is 3.54. The molecular weight excluding hydrogens is 212 g/mol. The molecular formula is C15H12O2. The van der Waals surface area contributed by atoms with E-state index in [4.69, 9.17) is 4.42 Å². The first-order chi connectivity index (χ1) is 8.29. The number of ketones is 1. The van der Waals surface area contributed by atoms with Gasteiger partial charge < -0.3 is 4.42 Å². The van der Waals surface area contributed by atoms with Gasteiger partial charge in [-0.25, -0.2) is 0 Å². The third-order valence-corrected chi connectivity index (χ3v) is 2.37. The van der Waals surface area contributed by atoms with Crippen molar-refractivity contribution in [1.82, 2.24) is 0 Å². The van der Waals surface area contributed by atoms with Crippen molar-refractivity contribution in [3.8, 4) is 0 Å². The molecule has 0 atom stereocenters. The minimum atomic E-state index is -0.0444. The Bertz CT molecular complexity index is 531. The van der Waals surface area contributed by atoms with Gasteiger partial charge in [0.1, 0.15) is 5.76 Å². The second-order valence-electron chi connectivity index (χ2n) is 3.54. The molecule has 2 rings (SSSR count). The lowest BCUT2D eigenvalue weighted by molar-refractivity contribution is 0.104. The van der Waals surface area contributed by atoms with Gasteiger partial charge in [-0.05, 0) is 29.8 Å². The summed E-state index contributed by atoms with van der Waals surface area (Å²) in [6.45, 7) is 3.66. The van der Waals surface area contributed by atoms with Crippen molar-refractivity contribution in [3.63, 3.8) is 0 Å². The van der Waals surface area contributed by atoms with Gasteiger partial charge in [-0.1, -0.05) is 36.9 Å². The number of allylic oxidation sites excluding steroid dienone is 1. The molecule has 1 heterocycles. The number of carbonyl (C=O) groups excluding carboxylic acids is 1. The fourth-order valence-electron chi connectivity index (χ4n) is 1.42. The maximum atomic E-state index is 11.8. The van der Waals surface area contributed by atoms with E-state index in [9.17, 15) is 4.79 Å². The Balaban J connectivity index is 2.11. The van der Waals surface area contributed by atoms with Gasteiger partial charge in [-0.2, -0.15) is 0 Å². The van der Waals surface area contributed by atoms with Gasteiger partial charge in [0, 0.05) is 5.56 Å². The molecule has 1 aromatic heterocycles. The number of carbonyl (C=O) groups is 1. The highest BCUT2D eigenvalue weighted by Crippen LogP contribution is 2.08. The summed E-state index contributed by atoms with van der Waals surface area (Å²) in [5, 5.41) is 0. The van der Waals surface area contributed by atoms with Gasteiger partial charge >= 0.3 is 0 Å². The molecule has 0 fully saturated rings. The smallest absolute Gasteiger partial charge is 0.185 e. The Kier molecular flexibility index (Phi) is 3.36. The lowest BCUT2D eigenvalue weighted by Crippen LogP contribution is -1.93. The molecule has 0 unspecified atom stereocenters. The number of rotatable bonds is 4. The topological polar surface area (TPSA) is 30.2 Å². The van der Waals surface area contributed by atoms with Crippen LogP contribution >= 0.6 is 0 Å². The fourth-order valence-corrected chi connectivity index (χ4v) is 1.42. The molecule has 1 aromatic carbocycles. The van der Waals surface area contributed by atoms with Gasteiger partial charge in [0.25, 0.3) is 0 Å². The Morgan fingerprint density at radius 3 is 2.53 bits per heavy atom. The molecule has 0 radical (unpaired) electrons. The van der Waals surface area contributed by atoms with Gasteiger partial charge in [-0.15, -0.1) is 0 Å². The summed E-state index contributed by atoms with van der Waals surface area (Å²) >= 11 is 0. The minimum Gasteiger partial charge on any atom is -0.465 e. The highest BCUT2D eigenvalue weighted by molar-refractivity contribution is 6.06. The molecule has 0 bridgehead atoms. The molecule has 0 amide bonds. The lowest BCUT2D eigenvalue weighted by Gasteiger charge is -1.96. The Morgan fingerprint density at radius 2 is 1.94 bits per heavy atom. The van der Waals surface area contributed by atoms with Crippen LogP contribution in [0.3, 0.4) is 0 Å². The maximum Gasteiger partial charge on any atom is 0.185 e. The number of hydrogen-bond acceptors (Lipinski definition) is 2. The van der Waals surface area contributed by atoms with Crippen LogP contribution in [0, 0.1) is 0 Å². The third kappa shape index (κ3) is 2.82. The highest BCUT2D eigenvalue weighted by atomic mass is 16.3. The number of hydrogen-bond donors (Lipinski definition) is 0. The predicted octanol–water partition coefficient (Wildman–Crippen LogP) is 3.82. The van der Waals surface area contributed by atoms with Gasteiger partial charge in [-0.3, -0.25) is 4.79 Å². The van der Waals surface area contributed by atoms with Crippen LogP contribution in [0.4, 0.5) is 0 Å². The summed E-state index contributed by atoms with van der Waals surface area (Å²) in [6, 6.07) is 10.9. The molecule has 0 aliphatic heterocycles. The molecule has 0 aliphatic carbocycles. The van der Waals surface area contributed by atoms with E-state index in [0.29, 0.717) is 11.3 Å². The zero-order valence-electron chi connectivity index (χ0n) is 9.30. The van der Waals surface area contributed by atoms with E-state index in [1.54, 1.807) is 42.7 Å². The standard InChI is InChI=1S/C15H12O2/c1-2-12-5-7-13(8-6-12)15(16)10-9-14-4-3-11-17-14/h2-11H,1H2. The summed E-state index contributed by atoms with van der Waals surface area (Å²) in [5.41, 5.74) is 1.65. The molecule has 0 N–H and O–H groups in total. The molecule has 0 saturated carbocycles. The molecule has 0 saturated heterocycles. The van der Waals surface area contributed by atoms with Crippen LogP contribution in [0.5, 0.6) is 0 Å². The van der Waals surface area contributed by atoms with Crippen LogP contribution in [0.1, 0.15) is 21.7 Å². The molecule has 2 heteroatoms. The summed E-state index contributed by atoms with van der Waals surface area (Å²) in [4.78, 5) is 11.8. The number of furan rings is 1. The highest BCUT2D eigenvalue weighted by Gasteiger charge is 2.01. The van der Waals surface area contributed by atoms with Gasteiger partial charge in [0.15, 0.2) is 5.78 Å². The average Bonchev–Trinajstić information content (AvgIpc) is 2.89. The van der Waals surface area contributed by atoms with Crippen LogP contribution in [0.25, 0.3) is 12.2 Å². The minimum absolute atomic E-state index is 0.0444. The summed E-state index contributed by atoms with van der Waals surface area (Å²) in [5.74, 6) is 0.623. The first-order valence-electron chi connectivity index (χ1n) is 5.28. The van der Waals surface area contributed by atoms with E-state index in [-0.39, 0.29) is 5.78 Å². The average molecular weight is 224 g/mol. The largest absolute Gasteiger partial charge is 0.465 e. The normalized spacial score (nSPS) is 10.6. The van der Waals surface area contributed by atoms with E-state index in [1.165, 1.54) is 6.08 Å². The second kappa shape index (κ2) is 5.12. The fraction of sp³-hybridized carbons (Fsp3) is 0.